The van der Waals surface area contributed by atoms with Crippen molar-refractivity contribution in [3.63, 3.8) is 0 Å². The van der Waals surface area contributed by atoms with Gasteiger partial charge in [-0.05, 0) is 29.8 Å². The van der Waals surface area contributed by atoms with Gasteiger partial charge in [0.05, 0.1) is 23.8 Å². The monoisotopic (exact) mass is 700 g/mol. The maximum absolute atomic E-state index is 12.0. The van der Waals surface area contributed by atoms with Crippen molar-refractivity contribution in [2.75, 3.05) is 44.2 Å². The van der Waals surface area contributed by atoms with Crippen LogP contribution in [-0.2, 0) is 11.3 Å². The predicted molar refractivity (Wildman–Crippen MR) is 184 cm³/mol. The highest BCUT2D eigenvalue weighted by Gasteiger charge is 2.14. The number of pyridine rings is 2. The van der Waals surface area contributed by atoms with Gasteiger partial charge < -0.3 is 43.4 Å². The molecule has 4 amide bonds. The van der Waals surface area contributed by atoms with E-state index in [1.165, 1.54) is 30.5 Å². The quantitative estimate of drug-likeness (QED) is 0.101. The number of aromatic nitrogens is 6. The van der Waals surface area contributed by atoms with Crippen molar-refractivity contribution in [1.82, 2.24) is 29.9 Å². The number of aromatic amines is 2. The molecule has 4 heterocycles. The summed E-state index contributed by atoms with van der Waals surface area (Å²) >= 11 is 0. The Hall–Kier alpha value is -8.04. The number of urea groups is 2. The number of carboxylic acids is 1. The Kier molecular flexibility index (Phi) is 11.4. The van der Waals surface area contributed by atoms with E-state index in [1.54, 1.807) is 0 Å². The zero-order valence-corrected chi connectivity index (χ0v) is 26.0. The van der Waals surface area contributed by atoms with E-state index in [0.717, 1.165) is 11.8 Å². The van der Waals surface area contributed by atoms with Crippen molar-refractivity contribution in [1.29, 1.82) is 0 Å². The maximum Gasteiger partial charge on any atom is 0.357 e. The lowest BCUT2D eigenvalue weighted by Gasteiger charge is -2.09. The highest BCUT2D eigenvalue weighted by molar-refractivity contribution is 6.02. The number of carboxylic acid groups (broad SMARTS) is 1. The molecule has 0 unspecified atom stereocenters. The van der Waals surface area contributed by atoms with Gasteiger partial charge in [-0.2, -0.15) is 9.97 Å². The molecule has 0 saturated carbocycles. The third-order valence-electron chi connectivity index (χ3n) is 6.09. The first-order valence-corrected chi connectivity index (χ1v) is 14.1. The molecule has 0 aliphatic carbocycles. The molecule has 22 heteroatoms. The summed E-state index contributed by atoms with van der Waals surface area (Å²) in [5.74, 6) is -2.61. The fourth-order valence-electron chi connectivity index (χ4n) is 3.79. The van der Waals surface area contributed by atoms with Crippen LogP contribution in [-0.4, -0.2) is 59.0 Å². The number of anilines is 8. The summed E-state index contributed by atoms with van der Waals surface area (Å²) in [5.41, 5.74) is 21.0. The predicted octanol–water partition coefficient (Wildman–Crippen LogP) is 1.00. The van der Waals surface area contributed by atoms with Crippen LogP contribution in [0.1, 0.15) is 26.5 Å². The Morgan fingerprint density at radius 1 is 0.667 bits per heavy atom. The molecule has 0 aliphatic rings. The van der Waals surface area contributed by atoms with Crippen LogP contribution in [0, 0.1) is 0 Å². The normalized spacial score (nSPS) is 10.1. The second kappa shape index (κ2) is 16.2. The van der Waals surface area contributed by atoms with Crippen molar-refractivity contribution < 1.29 is 29.0 Å². The zero-order valence-electron chi connectivity index (χ0n) is 26.0. The molecule has 262 valence electrons. The summed E-state index contributed by atoms with van der Waals surface area (Å²) in [4.78, 5) is 89.1. The van der Waals surface area contributed by atoms with Crippen LogP contribution in [0.25, 0.3) is 0 Å². The summed E-state index contributed by atoms with van der Waals surface area (Å²) < 4.78 is 5.18. The highest BCUT2D eigenvalue weighted by Crippen LogP contribution is 2.14. The van der Waals surface area contributed by atoms with Crippen LogP contribution < -0.4 is 55.3 Å². The first kappa shape index (κ1) is 35.8. The first-order valence-electron chi connectivity index (χ1n) is 14.1. The van der Waals surface area contributed by atoms with Crippen molar-refractivity contribution in [2.24, 2.45) is 0 Å². The third kappa shape index (κ3) is 10.2. The molecule has 0 saturated heterocycles. The average Bonchev–Trinajstić information content (AvgIpc) is 3.08. The number of hydrogen-bond acceptors (Lipinski definition) is 15. The number of nitrogens with one attached hydrogen (secondary N) is 6. The Morgan fingerprint density at radius 3 is 1.55 bits per heavy atom. The minimum Gasteiger partial charge on any atom is -0.477 e. The molecule has 15 N–H and O–H groups in total. The van der Waals surface area contributed by atoms with Gasteiger partial charge in [-0.15, -0.1) is 0 Å². The smallest absolute Gasteiger partial charge is 0.357 e. The van der Waals surface area contributed by atoms with Crippen molar-refractivity contribution in [3.05, 3.63) is 105 Å². The number of rotatable bonds is 8. The Labute approximate surface area is 284 Å². The number of nitrogens with two attached hydrogens (primary N) is 4. The van der Waals surface area contributed by atoms with Gasteiger partial charge in [0.15, 0.2) is 23.0 Å². The van der Waals surface area contributed by atoms with Crippen molar-refractivity contribution in [2.45, 2.75) is 6.61 Å². The molecule has 1 aromatic carbocycles. The number of aromatic carboxylic acids is 1. The number of ether oxygens (including phenoxy) is 1. The van der Waals surface area contributed by atoms with E-state index >= 15 is 0 Å². The summed E-state index contributed by atoms with van der Waals surface area (Å²) in [6.07, 6.45) is 2.42. The fourth-order valence-corrected chi connectivity index (χ4v) is 3.79. The van der Waals surface area contributed by atoms with Gasteiger partial charge in [-0.25, -0.2) is 29.1 Å². The molecule has 0 spiro atoms. The van der Waals surface area contributed by atoms with Crippen LogP contribution in [0.3, 0.4) is 0 Å². The molecular formula is C29H28N14O8. The molecule has 51 heavy (non-hydrogen) atoms. The van der Waals surface area contributed by atoms with Gasteiger partial charge >= 0.3 is 24.0 Å². The number of carbonyl (C=O) groups is 4. The molecule has 0 fully saturated rings. The number of carbonyl (C=O) groups excluding carboxylic acids is 3. The standard InChI is InChI=1S/C18H17N7O4.C11H11N7O4/c19-14-13(15(26)25-17(20)24-14)23-18(28)22-11-6-7-12(21-8-11)16(27)29-9-10-4-2-1-3-5-10;12-7-6(8(19)18-10(13)17-7)16-11(22)15-4-1-2-5(9(20)21)14-3-4/h1-8H,9H2,(H2,22,23,28)(H5,19,20,24,25,26);1-3H,(H,20,21)(H2,15,16,22)(H5,12,13,17,18,19). The molecule has 0 aliphatic heterocycles. The third-order valence-corrected chi connectivity index (χ3v) is 6.09. The van der Waals surface area contributed by atoms with Gasteiger partial charge in [0.1, 0.15) is 18.0 Å². The number of nitrogens with zero attached hydrogens (tertiary/aromatic N) is 4. The number of H-pyrrole nitrogens is 2. The van der Waals surface area contributed by atoms with Crippen LogP contribution in [0.4, 0.5) is 55.9 Å². The minimum atomic E-state index is -1.19. The van der Waals surface area contributed by atoms with Gasteiger partial charge in [-0.3, -0.25) is 30.2 Å². The molecule has 5 aromatic rings. The Balaban J connectivity index is 0.000000238. The second-order valence-corrected chi connectivity index (χ2v) is 9.81. The number of amides is 4. The molecule has 22 nitrogen and oxygen atoms in total. The van der Waals surface area contributed by atoms with E-state index in [4.69, 9.17) is 32.8 Å². The molecule has 0 atom stereocenters. The van der Waals surface area contributed by atoms with Crippen LogP contribution in [0.15, 0.2) is 76.6 Å². The number of nitrogen functional groups attached to an aromatic ring is 4. The van der Waals surface area contributed by atoms with E-state index < -0.39 is 35.1 Å². The van der Waals surface area contributed by atoms with E-state index in [0.29, 0.717) is 0 Å². The Morgan fingerprint density at radius 2 is 1.14 bits per heavy atom. The van der Waals surface area contributed by atoms with Crippen LogP contribution >= 0.6 is 0 Å². The average molecular weight is 701 g/mol. The number of benzene rings is 1. The van der Waals surface area contributed by atoms with E-state index in [2.05, 4.69) is 51.2 Å². The van der Waals surface area contributed by atoms with Crippen molar-refractivity contribution >= 4 is 70.3 Å². The maximum atomic E-state index is 12.0. The van der Waals surface area contributed by atoms with Crippen molar-refractivity contribution in [3.8, 4) is 0 Å². The minimum absolute atomic E-state index is 0.0790. The SMILES string of the molecule is Nc1nc(N)c(NC(=O)Nc2ccc(C(=O)O)nc2)c(=O)[nH]1.Nc1nc(N)c(NC(=O)Nc2ccc(C(=O)OCc3ccccc3)nc2)c(=O)[nH]1. The zero-order chi connectivity index (χ0) is 37.1. The van der Waals surface area contributed by atoms with Crippen LogP contribution in [0.5, 0.6) is 0 Å². The van der Waals surface area contributed by atoms with E-state index in [9.17, 15) is 28.8 Å². The largest absolute Gasteiger partial charge is 0.477 e. The van der Waals surface area contributed by atoms with Gasteiger partial charge in [-0.1, -0.05) is 30.3 Å². The molecule has 5 rings (SSSR count). The molecular weight excluding hydrogens is 672 g/mol. The van der Waals surface area contributed by atoms with E-state index in [1.807, 2.05) is 30.3 Å². The molecule has 0 bridgehead atoms. The number of hydrogen-bond donors (Lipinski definition) is 11. The molecule has 4 aromatic heterocycles. The lowest BCUT2D eigenvalue weighted by molar-refractivity contribution is 0.0465. The summed E-state index contributed by atoms with van der Waals surface area (Å²) in [6, 6.07) is 13.1. The summed E-state index contributed by atoms with van der Waals surface area (Å²) in [6.45, 7) is 0.120. The lowest BCUT2D eigenvalue weighted by atomic mass is 10.2. The lowest BCUT2D eigenvalue weighted by Crippen LogP contribution is -2.26. The number of esters is 1. The van der Waals surface area contributed by atoms with Gasteiger partial charge in [0, 0.05) is 0 Å². The summed E-state index contributed by atoms with van der Waals surface area (Å²) in [7, 11) is 0. The fraction of sp³-hybridized carbons (Fsp3) is 0.0345. The highest BCUT2D eigenvalue weighted by atomic mass is 16.5. The van der Waals surface area contributed by atoms with Gasteiger partial charge in [0.25, 0.3) is 11.1 Å². The molecule has 0 radical (unpaired) electrons. The van der Waals surface area contributed by atoms with Crippen LogP contribution in [0.2, 0.25) is 0 Å². The first-order chi connectivity index (χ1) is 24.3. The van der Waals surface area contributed by atoms with E-state index in [-0.39, 0.29) is 64.3 Å². The van der Waals surface area contributed by atoms with Gasteiger partial charge in [0.2, 0.25) is 11.9 Å². The second-order valence-electron chi connectivity index (χ2n) is 9.81. The summed E-state index contributed by atoms with van der Waals surface area (Å²) in [5, 5.41) is 18.0. The Bertz CT molecular complexity index is 2170. The topological polar surface area (TPSA) is 367 Å².